The fourth-order valence-corrected chi connectivity index (χ4v) is 1.33. The molecule has 14 heavy (non-hydrogen) atoms. The first kappa shape index (κ1) is 10.5. The van der Waals surface area contributed by atoms with Gasteiger partial charge in [0.15, 0.2) is 6.10 Å². The molecule has 1 aromatic rings. The summed E-state index contributed by atoms with van der Waals surface area (Å²) in [4.78, 5) is 10.5. The number of aromatic hydroxyl groups is 1. The minimum Gasteiger partial charge on any atom is -0.507 e. The molecular weight excluding hydrogens is 184 g/mol. The molecule has 1 unspecified atom stereocenters. The third-order valence-corrected chi connectivity index (χ3v) is 2.00. The molecule has 4 nitrogen and oxygen atoms in total. The van der Waals surface area contributed by atoms with Crippen LogP contribution in [0, 0.1) is 13.8 Å². The van der Waals surface area contributed by atoms with Crippen molar-refractivity contribution in [3.63, 3.8) is 0 Å². The number of aliphatic hydroxyl groups is 1. The lowest BCUT2D eigenvalue weighted by atomic mass is 10.0. The van der Waals surface area contributed by atoms with Gasteiger partial charge in [0.1, 0.15) is 5.75 Å². The molecule has 1 atom stereocenters. The largest absolute Gasteiger partial charge is 0.507 e. The number of carboxylic acids is 1. The van der Waals surface area contributed by atoms with E-state index in [1.54, 1.807) is 19.9 Å². The summed E-state index contributed by atoms with van der Waals surface area (Å²) in [5.74, 6) is -1.53. The Morgan fingerprint density at radius 1 is 1.36 bits per heavy atom. The average molecular weight is 196 g/mol. The van der Waals surface area contributed by atoms with Crippen LogP contribution in [0.3, 0.4) is 0 Å². The zero-order valence-corrected chi connectivity index (χ0v) is 7.98. The van der Waals surface area contributed by atoms with Crippen LogP contribution in [0.1, 0.15) is 22.8 Å². The van der Waals surface area contributed by atoms with Gasteiger partial charge in [-0.1, -0.05) is 11.6 Å². The van der Waals surface area contributed by atoms with E-state index in [0.717, 1.165) is 5.56 Å². The molecule has 1 rings (SSSR count). The maximum Gasteiger partial charge on any atom is 0.337 e. The molecule has 0 bridgehead atoms. The second kappa shape index (κ2) is 3.67. The zero-order valence-electron chi connectivity index (χ0n) is 7.98. The number of aryl methyl sites for hydroxylation is 2. The Morgan fingerprint density at radius 2 is 1.93 bits per heavy atom. The van der Waals surface area contributed by atoms with Crippen LogP contribution in [0.25, 0.3) is 0 Å². The number of rotatable bonds is 2. The van der Waals surface area contributed by atoms with Crippen LogP contribution >= 0.6 is 0 Å². The lowest BCUT2D eigenvalue weighted by Crippen LogP contribution is -2.11. The van der Waals surface area contributed by atoms with Gasteiger partial charge >= 0.3 is 5.97 Å². The predicted molar refractivity (Wildman–Crippen MR) is 50.2 cm³/mol. The van der Waals surface area contributed by atoms with Gasteiger partial charge in [0.25, 0.3) is 0 Å². The van der Waals surface area contributed by atoms with E-state index < -0.39 is 12.1 Å². The number of carboxylic acid groups (broad SMARTS) is 1. The summed E-state index contributed by atoms with van der Waals surface area (Å²) in [7, 11) is 0. The van der Waals surface area contributed by atoms with Crippen molar-refractivity contribution in [2.45, 2.75) is 20.0 Å². The molecule has 76 valence electrons. The summed E-state index contributed by atoms with van der Waals surface area (Å²) in [5, 5.41) is 27.4. The van der Waals surface area contributed by atoms with Crippen LogP contribution in [-0.2, 0) is 4.79 Å². The Bertz CT molecular complexity index is 371. The smallest absolute Gasteiger partial charge is 0.337 e. The Labute approximate surface area is 81.4 Å². The number of carbonyl (C=O) groups is 1. The van der Waals surface area contributed by atoms with E-state index in [0.29, 0.717) is 5.56 Å². The first-order chi connectivity index (χ1) is 6.43. The third kappa shape index (κ3) is 1.85. The van der Waals surface area contributed by atoms with Crippen molar-refractivity contribution in [2.75, 3.05) is 0 Å². The van der Waals surface area contributed by atoms with Gasteiger partial charge in [-0.3, -0.25) is 0 Å². The SMILES string of the molecule is Cc1cc(C)c(O)c(C(O)C(=O)O)c1. The van der Waals surface area contributed by atoms with E-state index in [1.165, 1.54) is 6.07 Å². The number of phenols is 1. The molecule has 0 heterocycles. The molecule has 4 heteroatoms. The van der Waals surface area contributed by atoms with Crippen LogP contribution in [0.15, 0.2) is 12.1 Å². The molecule has 0 saturated heterocycles. The van der Waals surface area contributed by atoms with Crippen molar-refractivity contribution >= 4 is 5.97 Å². The number of hydrogen-bond acceptors (Lipinski definition) is 3. The van der Waals surface area contributed by atoms with Gasteiger partial charge in [-0.05, 0) is 25.5 Å². The highest BCUT2D eigenvalue weighted by molar-refractivity contribution is 5.75. The minimum atomic E-state index is -1.67. The Hall–Kier alpha value is -1.55. The molecule has 0 aliphatic carbocycles. The van der Waals surface area contributed by atoms with Gasteiger partial charge in [-0.2, -0.15) is 0 Å². The highest BCUT2D eigenvalue weighted by Crippen LogP contribution is 2.29. The van der Waals surface area contributed by atoms with Gasteiger partial charge in [0.05, 0.1) is 0 Å². The highest BCUT2D eigenvalue weighted by atomic mass is 16.4. The third-order valence-electron chi connectivity index (χ3n) is 2.00. The Balaban J connectivity index is 3.26. The number of aliphatic hydroxyl groups excluding tert-OH is 1. The standard InChI is InChI=1S/C10H12O4/c1-5-3-6(2)8(11)7(4-5)9(12)10(13)14/h3-4,9,11-12H,1-2H3,(H,13,14). The predicted octanol–water partition coefficient (Wildman–Crippen LogP) is 1.13. The van der Waals surface area contributed by atoms with Crippen molar-refractivity contribution in [3.05, 3.63) is 28.8 Å². The monoisotopic (exact) mass is 196 g/mol. The van der Waals surface area contributed by atoms with E-state index in [9.17, 15) is 15.0 Å². The molecule has 1 aromatic carbocycles. The first-order valence-electron chi connectivity index (χ1n) is 4.14. The lowest BCUT2D eigenvalue weighted by Gasteiger charge is -2.11. The summed E-state index contributed by atoms with van der Waals surface area (Å²) in [6, 6.07) is 3.18. The maximum absolute atomic E-state index is 10.5. The van der Waals surface area contributed by atoms with Crippen LogP contribution < -0.4 is 0 Å². The number of benzene rings is 1. The van der Waals surface area contributed by atoms with Crippen LogP contribution in [0.5, 0.6) is 5.75 Å². The van der Waals surface area contributed by atoms with Gasteiger partial charge < -0.3 is 15.3 Å². The Morgan fingerprint density at radius 3 is 2.43 bits per heavy atom. The molecule has 0 radical (unpaired) electrons. The van der Waals surface area contributed by atoms with Crippen molar-refractivity contribution in [1.29, 1.82) is 0 Å². The van der Waals surface area contributed by atoms with Gasteiger partial charge in [0, 0.05) is 5.56 Å². The van der Waals surface area contributed by atoms with Crippen molar-refractivity contribution in [1.82, 2.24) is 0 Å². The molecular formula is C10H12O4. The fraction of sp³-hybridized carbons (Fsp3) is 0.300. The second-order valence-electron chi connectivity index (χ2n) is 3.26. The van der Waals surface area contributed by atoms with E-state index in [1.807, 2.05) is 0 Å². The minimum absolute atomic E-state index is 0.0370. The van der Waals surface area contributed by atoms with Gasteiger partial charge in [-0.15, -0.1) is 0 Å². The van der Waals surface area contributed by atoms with Crippen LogP contribution in [0.2, 0.25) is 0 Å². The molecule has 0 aliphatic rings. The second-order valence-corrected chi connectivity index (χ2v) is 3.26. The summed E-state index contributed by atoms with van der Waals surface area (Å²) in [6.45, 7) is 3.42. The topological polar surface area (TPSA) is 77.8 Å². The molecule has 0 fully saturated rings. The van der Waals surface area contributed by atoms with E-state index in [-0.39, 0.29) is 11.3 Å². The number of hydrogen-bond donors (Lipinski definition) is 3. The molecule has 3 N–H and O–H groups in total. The molecule has 0 aliphatic heterocycles. The van der Waals surface area contributed by atoms with Crippen LogP contribution in [0.4, 0.5) is 0 Å². The van der Waals surface area contributed by atoms with Crippen molar-refractivity contribution in [3.8, 4) is 5.75 Å². The Kier molecular flexibility index (Phi) is 2.76. The summed E-state index contributed by atoms with van der Waals surface area (Å²) >= 11 is 0. The molecule has 0 saturated carbocycles. The van der Waals surface area contributed by atoms with E-state index in [2.05, 4.69) is 0 Å². The maximum atomic E-state index is 10.5. The lowest BCUT2D eigenvalue weighted by molar-refractivity contribution is -0.147. The van der Waals surface area contributed by atoms with Gasteiger partial charge in [-0.25, -0.2) is 4.79 Å². The van der Waals surface area contributed by atoms with E-state index in [4.69, 9.17) is 5.11 Å². The van der Waals surface area contributed by atoms with Crippen molar-refractivity contribution in [2.24, 2.45) is 0 Å². The fourth-order valence-electron chi connectivity index (χ4n) is 1.33. The number of phenolic OH excluding ortho intramolecular Hbond substituents is 1. The van der Waals surface area contributed by atoms with E-state index >= 15 is 0 Å². The normalized spacial score (nSPS) is 12.5. The molecule has 0 spiro atoms. The molecule has 0 amide bonds. The highest BCUT2D eigenvalue weighted by Gasteiger charge is 2.20. The van der Waals surface area contributed by atoms with Crippen LogP contribution in [-0.4, -0.2) is 21.3 Å². The summed E-state index contributed by atoms with van der Waals surface area (Å²) < 4.78 is 0. The summed E-state index contributed by atoms with van der Waals surface area (Å²) in [5.41, 5.74) is 1.39. The zero-order chi connectivity index (χ0) is 10.9. The number of aliphatic carboxylic acids is 1. The molecule has 0 aromatic heterocycles. The van der Waals surface area contributed by atoms with Gasteiger partial charge in [0.2, 0.25) is 0 Å². The quantitative estimate of drug-likeness (QED) is 0.662. The summed E-state index contributed by atoms with van der Waals surface area (Å²) in [6.07, 6.45) is -1.67. The average Bonchev–Trinajstić information content (AvgIpc) is 2.09. The first-order valence-corrected chi connectivity index (χ1v) is 4.14. The van der Waals surface area contributed by atoms with Crippen molar-refractivity contribution < 1.29 is 20.1 Å².